The van der Waals surface area contributed by atoms with Gasteiger partial charge in [-0.15, -0.1) is 0 Å². The van der Waals surface area contributed by atoms with Gasteiger partial charge in [-0.05, 0) is 25.0 Å². The van der Waals surface area contributed by atoms with Crippen LogP contribution in [0.5, 0.6) is 5.75 Å². The van der Waals surface area contributed by atoms with E-state index in [-0.39, 0.29) is 5.82 Å². The Labute approximate surface area is 127 Å². The van der Waals surface area contributed by atoms with E-state index < -0.39 is 0 Å². The molecule has 1 aliphatic heterocycles. The molecule has 21 heavy (non-hydrogen) atoms. The van der Waals surface area contributed by atoms with Gasteiger partial charge in [0.05, 0.1) is 27.1 Å². The fourth-order valence-corrected chi connectivity index (χ4v) is 2.83. The molecule has 5 heteroatoms. The Bertz CT molecular complexity index is 441. The highest BCUT2D eigenvalue weighted by molar-refractivity contribution is 5.49. The minimum absolute atomic E-state index is 0.298. The second-order valence-corrected chi connectivity index (χ2v) is 5.57. The quantitative estimate of drug-likeness (QED) is 0.803. The molecule has 0 amide bonds. The van der Waals surface area contributed by atoms with Gasteiger partial charge >= 0.3 is 0 Å². The van der Waals surface area contributed by atoms with Crippen LogP contribution in [-0.4, -0.2) is 50.0 Å². The highest BCUT2D eigenvalue weighted by Crippen LogP contribution is 2.25. The van der Waals surface area contributed by atoms with Crippen molar-refractivity contribution in [2.75, 3.05) is 45.1 Å². The van der Waals surface area contributed by atoms with Crippen LogP contribution in [0.25, 0.3) is 0 Å². The lowest BCUT2D eigenvalue weighted by molar-refractivity contribution is 0.0879. The predicted molar refractivity (Wildman–Crippen MR) is 84.0 cm³/mol. The first-order valence-electron chi connectivity index (χ1n) is 7.71. The standard InChI is InChI=1S/C16H26FN3O/c1-4-8-18-11-19(9-5-2)13-20(12-18)14-6-7-16(21-3)15(17)10-14/h6-7,10H,4-5,8-9,11-13H2,1-3H3. The van der Waals surface area contributed by atoms with Crippen LogP contribution in [0.15, 0.2) is 18.2 Å². The number of ether oxygens (including phenoxy) is 1. The van der Waals surface area contributed by atoms with Crippen LogP contribution in [0.1, 0.15) is 26.7 Å². The highest BCUT2D eigenvalue weighted by atomic mass is 19.1. The van der Waals surface area contributed by atoms with E-state index in [0.717, 1.165) is 51.6 Å². The minimum Gasteiger partial charge on any atom is -0.494 e. The molecule has 118 valence electrons. The van der Waals surface area contributed by atoms with Crippen molar-refractivity contribution < 1.29 is 9.13 Å². The van der Waals surface area contributed by atoms with Crippen molar-refractivity contribution in [3.63, 3.8) is 0 Å². The molecule has 2 rings (SSSR count). The highest BCUT2D eigenvalue weighted by Gasteiger charge is 2.23. The van der Waals surface area contributed by atoms with Gasteiger partial charge in [-0.1, -0.05) is 13.8 Å². The zero-order valence-electron chi connectivity index (χ0n) is 13.3. The average Bonchev–Trinajstić information content (AvgIpc) is 2.47. The first-order chi connectivity index (χ1) is 10.2. The Kier molecular flexibility index (Phi) is 5.82. The van der Waals surface area contributed by atoms with Crippen molar-refractivity contribution in [3.8, 4) is 5.75 Å². The van der Waals surface area contributed by atoms with Gasteiger partial charge in [-0.2, -0.15) is 0 Å². The summed E-state index contributed by atoms with van der Waals surface area (Å²) < 4.78 is 18.9. The van der Waals surface area contributed by atoms with E-state index in [9.17, 15) is 4.39 Å². The number of methoxy groups -OCH3 is 1. The van der Waals surface area contributed by atoms with Crippen LogP contribution in [0.2, 0.25) is 0 Å². The van der Waals surface area contributed by atoms with Crippen molar-refractivity contribution >= 4 is 5.69 Å². The summed E-state index contributed by atoms with van der Waals surface area (Å²) in [5.41, 5.74) is 0.912. The van der Waals surface area contributed by atoms with E-state index >= 15 is 0 Å². The molecule has 0 aliphatic carbocycles. The Hall–Kier alpha value is -1.33. The Balaban J connectivity index is 2.14. The third-order valence-electron chi connectivity index (χ3n) is 3.72. The summed E-state index contributed by atoms with van der Waals surface area (Å²) >= 11 is 0. The summed E-state index contributed by atoms with van der Waals surface area (Å²) in [6.07, 6.45) is 2.26. The SMILES string of the molecule is CCCN1CN(CCC)CN(c2ccc(OC)c(F)c2)C1. The molecule has 0 N–H and O–H groups in total. The molecule has 1 aliphatic rings. The van der Waals surface area contributed by atoms with Crippen molar-refractivity contribution in [3.05, 3.63) is 24.0 Å². The minimum atomic E-state index is -0.301. The number of benzene rings is 1. The summed E-state index contributed by atoms with van der Waals surface area (Å²) in [7, 11) is 1.49. The van der Waals surface area contributed by atoms with Crippen LogP contribution in [-0.2, 0) is 0 Å². The Morgan fingerprint density at radius 1 is 1.05 bits per heavy atom. The van der Waals surface area contributed by atoms with Gasteiger partial charge in [0, 0.05) is 24.8 Å². The van der Waals surface area contributed by atoms with E-state index in [1.54, 1.807) is 12.1 Å². The van der Waals surface area contributed by atoms with E-state index in [0.29, 0.717) is 5.75 Å². The van der Waals surface area contributed by atoms with Crippen LogP contribution < -0.4 is 9.64 Å². The zero-order valence-corrected chi connectivity index (χ0v) is 13.3. The van der Waals surface area contributed by atoms with Crippen LogP contribution >= 0.6 is 0 Å². The number of halogens is 1. The fourth-order valence-electron chi connectivity index (χ4n) is 2.83. The molecule has 1 aromatic carbocycles. The molecule has 0 aromatic heterocycles. The molecule has 0 spiro atoms. The predicted octanol–water partition coefficient (Wildman–Crippen LogP) is 2.95. The van der Waals surface area contributed by atoms with E-state index in [4.69, 9.17) is 4.74 Å². The Morgan fingerprint density at radius 3 is 2.14 bits per heavy atom. The lowest BCUT2D eigenvalue weighted by Crippen LogP contribution is -2.55. The second kappa shape index (κ2) is 7.61. The van der Waals surface area contributed by atoms with Crippen molar-refractivity contribution in [1.29, 1.82) is 0 Å². The van der Waals surface area contributed by atoms with Crippen molar-refractivity contribution in [2.24, 2.45) is 0 Å². The average molecular weight is 295 g/mol. The molecular weight excluding hydrogens is 269 g/mol. The van der Waals surface area contributed by atoms with Crippen molar-refractivity contribution in [2.45, 2.75) is 26.7 Å². The van der Waals surface area contributed by atoms with Crippen molar-refractivity contribution in [1.82, 2.24) is 9.80 Å². The van der Waals surface area contributed by atoms with Crippen LogP contribution in [0.4, 0.5) is 10.1 Å². The second-order valence-electron chi connectivity index (χ2n) is 5.57. The smallest absolute Gasteiger partial charge is 0.167 e. The van der Waals surface area contributed by atoms with Gasteiger partial charge in [0.1, 0.15) is 0 Å². The molecule has 0 bridgehead atoms. The molecule has 0 unspecified atom stereocenters. The van der Waals surface area contributed by atoms with E-state index in [2.05, 4.69) is 28.5 Å². The lowest BCUT2D eigenvalue weighted by atomic mass is 10.2. The summed E-state index contributed by atoms with van der Waals surface area (Å²) in [5.74, 6) is -0.00348. The maximum atomic E-state index is 13.9. The monoisotopic (exact) mass is 295 g/mol. The number of hydrogen-bond donors (Lipinski definition) is 0. The molecule has 1 aromatic rings. The largest absolute Gasteiger partial charge is 0.494 e. The Morgan fingerprint density at radius 2 is 1.67 bits per heavy atom. The number of hydrogen-bond acceptors (Lipinski definition) is 4. The third-order valence-corrected chi connectivity index (χ3v) is 3.72. The van der Waals surface area contributed by atoms with Gasteiger partial charge in [0.25, 0.3) is 0 Å². The molecule has 1 saturated heterocycles. The van der Waals surface area contributed by atoms with Gasteiger partial charge in [-0.3, -0.25) is 9.80 Å². The van der Waals surface area contributed by atoms with Gasteiger partial charge in [0.2, 0.25) is 0 Å². The van der Waals surface area contributed by atoms with Gasteiger partial charge in [-0.25, -0.2) is 4.39 Å². The molecular formula is C16H26FN3O. The fraction of sp³-hybridized carbons (Fsp3) is 0.625. The van der Waals surface area contributed by atoms with Crippen LogP contribution in [0, 0.1) is 5.82 Å². The van der Waals surface area contributed by atoms with Gasteiger partial charge in [0.15, 0.2) is 11.6 Å². The lowest BCUT2D eigenvalue weighted by Gasteiger charge is -2.43. The summed E-state index contributed by atoms with van der Waals surface area (Å²) in [5, 5.41) is 0. The first kappa shape index (κ1) is 16.0. The number of nitrogens with zero attached hydrogens (tertiary/aromatic N) is 3. The molecule has 0 atom stereocenters. The number of anilines is 1. The molecule has 4 nitrogen and oxygen atoms in total. The summed E-state index contributed by atoms with van der Waals surface area (Å²) in [4.78, 5) is 7.03. The maximum Gasteiger partial charge on any atom is 0.167 e. The molecule has 1 fully saturated rings. The normalized spacial score (nSPS) is 17.2. The topological polar surface area (TPSA) is 19.0 Å². The van der Waals surface area contributed by atoms with E-state index in [1.165, 1.54) is 7.11 Å². The van der Waals surface area contributed by atoms with Crippen LogP contribution in [0.3, 0.4) is 0 Å². The first-order valence-corrected chi connectivity index (χ1v) is 7.71. The zero-order chi connectivity index (χ0) is 15.2. The maximum absolute atomic E-state index is 13.9. The number of rotatable bonds is 6. The summed E-state index contributed by atoms with van der Waals surface area (Å²) in [6, 6.07) is 5.20. The summed E-state index contributed by atoms with van der Waals surface area (Å²) in [6.45, 7) is 9.20. The van der Waals surface area contributed by atoms with Gasteiger partial charge < -0.3 is 9.64 Å². The third kappa shape index (κ3) is 4.08. The molecule has 0 radical (unpaired) electrons. The molecule has 0 saturated carbocycles. The molecule has 1 heterocycles. The van der Waals surface area contributed by atoms with E-state index in [1.807, 2.05) is 6.07 Å².